The largest absolute Gasteiger partial charge is 0.261 e. The van der Waals surface area contributed by atoms with Gasteiger partial charge in [-0.1, -0.05) is 6.07 Å². The van der Waals surface area contributed by atoms with Crippen molar-refractivity contribution in [1.29, 1.82) is 0 Å². The van der Waals surface area contributed by atoms with Crippen LogP contribution < -0.4 is 4.72 Å². The lowest BCUT2D eigenvalue weighted by molar-refractivity contribution is 0.581. The maximum atomic E-state index is 12.2. The summed E-state index contributed by atoms with van der Waals surface area (Å²) in [7, 11) is -3.48. The van der Waals surface area contributed by atoms with Crippen LogP contribution >= 0.6 is 27.3 Å². The van der Waals surface area contributed by atoms with E-state index >= 15 is 0 Å². The zero-order chi connectivity index (χ0) is 14.0. The Bertz CT molecular complexity index is 678. The summed E-state index contributed by atoms with van der Waals surface area (Å²) in [6, 6.07) is 5.34. The summed E-state index contributed by atoms with van der Waals surface area (Å²) in [5.74, 6) is 0. The molecular formula is C12H13BrN2O2S2. The summed E-state index contributed by atoms with van der Waals surface area (Å²) in [6.07, 6.45) is 1.67. The fraction of sp³-hybridized carbons (Fsp3) is 0.250. The number of nitrogens with zero attached hydrogens (tertiary/aromatic N) is 1. The average molecular weight is 361 g/mol. The molecular weight excluding hydrogens is 348 g/mol. The van der Waals surface area contributed by atoms with Gasteiger partial charge in [0.2, 0.25) is 10.0 Å². The van der Waals surface area contributed by atoms with Crippen LogP contribution in [0.3, 0.4) is 0 Å². The average Bonchev–Trinajstić information content (AvgIpc) is 2.69. The van der Waals surface area contributed by atoms with E-state index in [4.69, 9.17) is 0 Å². The van der Waals surface area contributed by atoms with Crippen molar-refractivity contribution in [2.45, 2.75) is 25.3 Å². The zero-order valence-electron chi connectivity index (χ0n) is 10.5. The van der Waals surface area contributed by atoms with Crippen LogP contribution in [0.5, 0.6) is 0 Å². The first-order chi connectivity index (χ1) is 8.88. The summed E-state index contributed by atoms with van der Waals surface area (Å²) in [5, 5.41) is 0. The lowest BCUT2D eigenvalue weighted by Gasteiger charge is -2.06. The third-order valence-corrected chi connectivity index (χ3v) is 5.78. The SMILES string of the molecule is Cc1ccc(CNS(=O)(=O)c2cc(Br)sc2C)cn1. The van der Waals surface area contributed by atoms with E-state index in [0.29, 0.717) is 4.90 Å². The molecule has 2 aromatic rings. The van der Waals surface area contributed by atoms with Crippen molar-refractivity contribution in [1.82, 2.24) is 9.71 Å². The second-order valence-electron chi connectivity index (χ2n) is 4.10. The van der Waals surface area contributed by atoms with Gasteiger partial charge in [0.05, 0.1) is 8.68 Å². The Morgan fingerprint density at radius 3 is 2.63 bits per heavy atom. The number of hydrogen-bond donors (Lipinski definition) is 1. The predicted octanol–water partition coefficient (Wildman–Crippen LogP) is 3.00. The molecule has 0 aliphatic carbocycles. The molecule has 0 saturated heterocycles. The van der Waals surface area contributed by atoms with Gasteiger partial charge in [0.25, 0.3) is 0 Å². The van der Waals surface area contributed by atoms with Gasteiger partial charge in [-0.25, -0.2) is 13.1 Å². The van der Waals surface area contributed by atoms with Crippen molar-refractivity contribution in [3.05, 3.63) is 44.3 Å². The third kappa shape index (κ3) is 3.62. The van der Waals surface area contributed by atoms with Crippen LogP contribution in [0.4, 0.5) is 0 Å². The first-order valence-electron chi connectivity index (χ1n) is 5.55. The molecule has 1 N–H and O–H groups in total. The highest BCUT2D eigenvalue weighted by Gasteiger charge is 2.19. The van der Waals surface area contributed by atoms with Crippen LogP contribution in [-0.4, -0.2) is 13.4 Å². The number of aromatic nitrogens is 1. The summed E-state index contributed by atoms with van der Waals surface area (Å²) < 4.78 is 27.7. The summed E-state index contributed by atoms with van der Waals surface area (Å²) in [5.41, 5.74) is 1.74. The standard InChI is InChI=1S/C12H13BrN2O2S2/c1-8-3-4-10(6-14-8)7-15-19(16,17)11-5-12(13)18-9(11)2/h3-6,15H,7H2,1-2H3. The monoisotopic (exact) mass is 360 g/mol. The molecule has 0 aromatic carbocycles. The molecule has 7 heteroatoms. The fourth-order valence-corrected chi connectivity index (χ4v) is 4.99. The quantitative estimate of drug-likeness (QED) is 0.911. The smallest absolute Gasteiger partial charge is 0.242 e. The molecule has 0 aliphatic heterocycles. The molecule has 0 radical (unpaired) electrons. The number of nitrogens with one attached hydrogen (secondary N) is 1. The van der Waals surface area contributed by atoms with Crippen LogP contribution in [0.15, 0.2) is 33.1 Å². The van der Waals surface area contributed by atoms with Crippen LogP contribution in [0.2, 0.25) is 0 Å². The number of sulfonamides is 1. The maximum absolute atomic E-state index is 12.2. The molecule has 4 nitrogen and oxygen atoms in total. The number of pyridine rings is 1. The van der Waals surface area contributed by atoms with Gasteiger partial charge in [-0.05, 0) is 47.5 Å². The van der Waals surface area contributed by atoms with Crippen LogP contribution in [0, 0.1) is 13.8 Å². The highest BCUT2D eigenvalue weighted by Crippen LogP contribution is 2.29. The van der Waals surface area contributed by atoms with E-state index in [0.717, 1.165) is 19.9 Å². The topological polar surface area (TPSA) is 59.1 Å². The van der Waals surface area contributed by atoms with E-state index in [9.17, 15) is 8.42 Å². The van der Waals surface area contributed by atoms with E-state index in [1.54, 1.807) is 19.2 Å². The van der Waals surface area contributed by atoms with Gasteiger partial charge >= 0.3 is 0 Å². The van der Waals surface area contributed by atoms with Crippen molar-refractivity contribution in [2.75, 3.05) is 0 Å². The van der Waals surface area contributed by atoms with Gasteiger partial charge in [0.1, 0.15) is 0 Å². The van der Waals surface area contributed by atoms with Gasteiger partial charge in [0.15, 0.2) is 0 Å². The summed E-state index contributed by atoms with van der Waals surface area (Å²) in [6.45, 7) is 3.92. The predicted molar refractivity (Wildman–Crippen MR) is 79.8 cm³/mol. The molecule has 0 aliphatic rings. The number of rotatable bonds is 4. The second kappa shape index (κ2) is 5.70. The Morgan fingerprint density at radius 1 is 1.37 bits per heavy atom. The fourth-order valence-electron chi connectivity index (χ4n) is 1.56. The van der Waals surface area contributed by atoms with Crippen LogP contribution in [0.25, 0.3) is 0 Å². The number of hydrogen-bond acceptors (Lipinski definition) is 4. The van der Waals surface area contributed by atoms with Gasteiger partial charge in [-0.2, -0.15) is 0 Å². The van der Waals surface area contributed by atoms with Gasteiger partial charge in [-0.15, -0.1) is 11.3 Å². The molecule has 0 spiro atoms. The van der Waals surface area contributed by atoms with Crippen molar-refractivity contribution >= 4 is 37.3 Å². The second-order valence-corrected chi connectivity index (χ2v) is 8.47. The van der Waals surface area contributed by atoms with Gasteiger partial charge in [0, 0.05) is 23.3 Å². The molecule has 0 bridgehead atoms. The molecule has 2 rings (SSSR count). The van der Waals surface area contributed by atoms with E-state index < -0.39 is 10.0 Å². The Balaban J connectivity index is 2.14. The summed E-state index contributed by atoms with van der Waals surface area (Å²) >= 11 is 4.70. The Morgan fingerprint density at radius 2 is 2.11 bits per heavy atom. The first kappa shape index (κ1) is 14.6. The third-order valence-electron chi connectivity index (χ3n) is 2.57. The van der Waals surface area contributed by atoms with E-state index in [1.807, 2.05) is 19.1 Å². The molecule has 19 heavy (non-hydrogen) atoms. The van der Waals surface area contributed by atoms with E-state index in [1.165, 1.54) is 11.3 Å². The van der Waals surface area contributed by atoms with Crippen molar-refractivity contribution < 1.29 is 8.42 Å². The minimum atomic E-state index is -3.48. The zero-order valence-corrected chi connectivity index (χ0v) is 13.7. The van der Waals surface area contributed by atoms with Crippen molar-refractivity contribution in [3.8, 4) is 0 Å². The van der Waals surface area contributed by atoms with Crippen LogP contribution in [-0.2, 0) is 16.6 Å². The maximum Gasteiger partial charge on any atom is 0.242 e. The van der Waals surface area contributed by atoms with Crippen molar-refractivity contribution in [2.24, 2.45) is 0 Å². The highest BCUT2D eigenvalue weighted by atomic mass is 79.9. The van der Waals surface area contributed by atoms with Crippen LogP contribution in [0.1, 0.15) is 16.1 Å². The molecule has 0 amide bonds. The Labute approximate surface area is 125 Å². The molecule has 0 fully saturated rings. The van der Waals surface area contributed by atoms with Gasteiger partial charge < -0.3 is 0 Å². The Hall–Kier alpha value is -0.760. The molecule has 2 heterocycles. The molecule has 0 atom stereocenters. The number of aryl methyl sites for hydroxylation is 2. The van der Waals surface area contributed by atoms with E-state index in [-0.39, 0.29) is 6.54 Å². The Kier molecular flexibility index (Phi) is 4.39. The first-order valence-corrected chi connectivity index (χ1v) is 8.65. The minimum absolute atomic E-state index is 0.239. The molecule has 0 unspecified atom stereocenters. The number of thiophene rings is 1. The lowest BCUT2D eigenvalue weighted by Crippen LogP contribution is -2.23. The minimum Gasteiger partial charge on any atom is -0.261 e. The normalized spacial score (nSPS) is 11.7. The lowest BCUT2D eigenvalue weighted by atomic mass is 10.2. The van der Waals surface area contributed by atoms with Crippen molar-refractivity contribution in [3.63, 3.8) is 0 Å². The number of halogens is 1. The highest BCUT2D eigenvalue weighted by molar-refractivity contribution is 9.11. The molecule has 102 valence electrons. The van der Waals surface area contributed by atoms with E-state index in [2.05, 4.69) is 25.6 Å². The molecule has 2 aromatic heterocycles. The molecule has 0 saturated carbocycles. The summed E-state index contributed by atoms with van der Waals surface area (Å²) in [4.78, 5) is 5.22. The van der Waals surface area contributed by atoms with Gasteiger partial charge in [-0.3, -0.25) is 4.98 Å².